The van der Waals surface area contributed by atoms with Crippen molar-refractivity contribution >= 4 is 25.6 Å². The molecule has 2 N–H and O–H groups in total. The Hall–Kier alpha value is -1.12. The lowest BCUT2D eigenvalue weighted by Crippen LogP contribution is -2.33. The van der Waals surface area contributed by atoms with Gasteiger partial charge in [-0.3, -0.25) is 9.89 Å². The van der Waals surface area contributed by atoms with Crippen LogP contribution >= 0.6 is 10.7 Å². The maximum Gasteiger partial charge on any atom is 0.273 e. The molecule has 1 heterocycles. The molecule has 0 aliphatic heterocycles. The molecule has 0 saturated carbocycles. The molecule has 0 aliphatic carbocycles. The minimum atomic E-state index is -4.07. The third kappa shape index (κ3) is 4.69. The summed E-state index contributed by atoms with van der Waals surface area (Å²) in [6, 6.07) is 0. The van der Waals surface area contributed by atoms with E-state index >= 15 is 0 Å². The fraction of sp³-hybridized carbons (Fsp3) is 0.667. The number of aromatic amines is 1. The molecule has 1 unspecified atom stereocenters. The normalized spacial score (nSPS) is 13.4. The number of H-pyrrole nitrogens is 1. The third-order valence-corrected chi connectivity index (χ3v) is 4.15. The molecule has 0 aliphatic rings. The molecule has 0 bridgehead atoms. The van der Waals surface area contributed by atoms with Crippen LogP contribution in [0.5, 0.6) is 0 Å². The van der Waals surface area contributed by atoms with Crippen LogP contribution in [-0.4, -0.2) is 43.8 Å². The van der Waals surface area contributed by atoms with Crippen molar-refractivity contribution in [2.45, 2.75) is 44.6 Å². The second kappa shape index (κ2) is 7.24. The van der Waals surface area contributed by atoms with E-state index in [-0.39, 0.29) is 29.2 Å². The Morgan fingerprint density at radius 1 is 1.43 bits per heavy atom. The molecule has 1 atom stereocenters. The maximum atomic E-state index is 12.1. The zero-order valence-corrected chi connectivity index (χ0v) is 14.0. The molecule has 1 aromatic heterocycles. The summed E-state index contributed by atoms with van der Waals surface area (Å²) < 4.78 is 28.7. The predicted molar refractivity (Wildman–Crippen MR) is 79.1 cm³/mol. The van der Waals surface area contributed by atoms with Crippen LogP contribution in [0.4, 0.5) is 0 Å². The first-order valence-corrected chi connectivity index (χ1v) is 8.92. The monoisotopic (exact) mass is 337 g/mol. The van der Waals surface area contributed by atoms with Gasteiger partial charge in [-0.1, -0.05) is 13.8 Å². The molecule has 1 amide bonds. The van der Waals surface area contributed by atoms with Crippen LogP contribution in [-0.2, 0) is 13.8 Å². The minimum Gasteiger partial charge on any atom is -0.377 e. The van der Waals surface area contributed by atoms with Gasteiger partial charge in [0.1, 0.15) is 4.90 Å². The number of rotatable bonds is 7. The summed E-state index contributed by atoms with van der Waals surface area (Å²) in [5.41, 5.74) is 0.0883. The quantitative estimate of drug-likeness (QED) is 0.736. The van der Waals surface area contributed by atoms with Crippen molar-refractivity contribution in [2.24, 2.45) is 0 Å². The van der Waals surface area contributed by atoms with Gasteiger partial charge >= 0.3 is 0 Å². The van der Waals surface area contributed by atoms with Crippen molar-refractivity contribution in [2.75, 3.05) is 13.2 Å². The second-order valence-corrected chi connectivity index (χ2v) is 7.39. The summed E-state index contributed by atoms with van der Waals surface area (Å²) in [4.78, 5) is 11.8. The van der Waals surface area contributed by atoms with Gasteiger partial charge in [0.15, 0.2) is 5.69 Å². The number of halogens is 1. The molecule has 0 fully saturated rings. The first-order chi connectivity index (χ1) is 9.68. The number of aromatic nitrogens is 2. The van der Waals surface area contributed by atoms with E-state index in [0.717, 1.165) is 0 Å². The maximum absolute atomic E-state index is 12.1. The molecule has 7 nitrogen and oxygen atoms in total. The van der Waals surface area contributed by atoms with Gasteiger partial charge in [0.05, 0.1) is 11.8 Å². The van der Waals surface area contributed by atoms with Crippen molar-refractivity contribution in [3.8, 4) is 0 Å². The van der Waals surface area contributed by atoms with E-state index in [0.29, 0.717) is 12.3 Å². The van der Waals surface area contributed by atoms with Crippen molar-refractivity contribution in [3.05, 3.63) is 11.4 Å². The second-order valence-electron chi connectivity index (χ2n) is 4.88. The van der Waals surface area contributed by atoms with Gasteiger partial charge in [0.25, 0.3) is 15.0 Å². The van der Waals surface area contributed by atoms with E-state index in [1.807, 2.05) is 6.92 Å². The average Bonchev–Trinajstić information content (AvgIpc) is 2.81. The Kier molecular flexibility index (Phi) is 6.18. The van der Waals surface area contributed by atoms with Crippen LogP contribution in [0.1, 0.15) is 49.8 Å². The van der Waals surface area contributed by atoms with Gasteiger partial charge in [-0.05, 0) is 19.8 Å². The summed E-state index contributed by atoms with van der Waals surface area (Å²) in [5, 5.41) is 8.93. The Balaban J connectivity index is 3.00. The summed E-state index contributed by atoms with van der Waals surface area (Å²) in [6.45, 7) is 7.97. The van der Waals surface area contributed by atoms with E-state index in [1.54, 1.807) is 20.8 Å². The first kappa shape index (κ1) is 17.9. The number of amides is 1. The van der Waals surface area contributed by atoms with Crippen LogP contribution in [0, 0.1) is 0 Å². The number of carbonyl (C=O) groups excluding carboxylic acids is 1. The Morgan fingerprint density at radius 3 is 2.52 bits per heavy atom. The lowest BCUT2D eigenvalue weighted by molar-refractivity contribution is 0.0692. The molecule has 0 radical (unpaired) electrons. The van der Waals surface area contributed by atoms with Crippen molar-refractivity contribution in [1.82, 2.24) is 15.5 Å². The van der Waals surface area contributed by atoms with Crippen LogP contribution in [0.15, 0.2) is 4.90 Å². The Labute approximate surface area is 128 Å². The van der Waals surface area contributed by atoms with E-state index in [4.69, 9.17) is 15.4 Å². The summed E-state index contributed by atoms with van der Waals surface area (Å²) >= 11 is 0. The standard InChI is InChI=1S/C12H20ClN3O4S/c1-5-20-8(4)6-14-12(17)10-11(21(13,18)19)9(7(2)3)15-16-10/h7-8H,5-6H2,1-4H3,(H,14,17)(H,15,16). The number of nitrogens with one attached hydrogen (secondary N) is 2. The van der Waals surface area contributed by atoms with Gasteiger partial charge in [0, 0.05) is 23.8 Å². The fourth-order valence-corrected chi connectivity index (χ4v) is 3.18. The third-order valence-electron chi connectivity index (χ3n) is 2.79. The number of hydrogen-bond donors (Lipinski definition) is 2. The van der Waals surface area contributed by atoms with Gasteiger partial charge < -0.3 is 10.1 Å². The SMILES string of the molecule is CCOC(C)CNC(=O)c1n[nH]c(C(C)C)c1S(=O)(=O)Cl. The molecule has 0 aromatic carbocycles. The van der Waals surface area contributed by atoms with E-state index in [9.17, 15) is 13.2 Å². The van der Waals surface area contributed by atoms with Crippen LogP contribution in [0.25, 0.3) is 0 Å². The molecule has 21 heavy (non-hydrogen) atoms. The molecule has 120 valence electrons. The highest BCUT2D eigenvalue weighted by molar-refractivity contribution is 8.13. The van der Waals surface area contributed by atoms with E-state index in [2.05, 4.69) is 15.5 Å². The largest absolute Gasteiger partial charge is 0.377 e. The Bertz CT molecular complexity index is 598. The highest BCUT2D eigenvalue weighted by atomic mass is 35.7. The molecule has 0 saturated heterocycles. The van der Waals surface area contributed by atoms with E-state index in [1.165, 1.54) is 0 Å². The van der Waals surface area contributed by atoms with Crippen LogP contribution in [0.2, 0.25) is 0 Å². The molecule has 9 heteroatoms. The summed E-state index contributed by atoms with van der Waals surface area (Å²) in [5.74, 6) is -0.770. The number of ether oxygens (including phenoxy) is 1. The average molecular weight is 338 g/mol. The molecular formula is C12H20ClN3O4S. The number of hydrogen-bond acceptors (Lipinski definition) is 5. The number of nitrogens with zero attached hydrogens (tertiary/aromatic N) is 1. The van der Waals surface area contributed by atoms with Crippen molar-refractivity contribution < 1.29 is 17.9 Å². The minimum absolute atomic E-state index is 0.162. The molecule has 0 spiro atoms. The van der Waals surface area contributed by atoms with Crippen LogP contribution in [0.3, 0.4) is 0 Å². The summed E-state index contributed by atoms with van der Waals surface area (Å²) in [7, 11) is 1.35. The lowest BCUT2D eigenvalue weighted by Gasteiger charge is -2.12. The number of carbonyl (C=O) groups is 1. The highest BCUT2D eigenvalue weighted by Gasteiger charge is 2.29. The lowest BCUT2D eigenvalue weighted by atomic mass is 10.1. The molecule has 1 rings (SSSR count). The zero-order chi connectivity index (χ0) is 16.2. The van der Waals surface area contributed by atoms with Gasteiger partial charge in [0.2, 0.25) is 0 Å². The van der Waals surface area contributed by atoms with E-state index < -0.39 is 15.0 Å². The van der Waals surface area contributed by atoms with Crippen LogP contribution < -0.4 is 5.32 Å². The topological polar surface area (TPSA) is 101 Å². The molecule has 1 aromatic rings. The van der Waals surface area contributed by atoms with Gasteiger partial charge in [-0.15, -0.1) is 0 Å². The smallest absolute Gasteiger partial charge is 0.273 e. The van der Waals surface area contributed by atoms with Crippen molar-refractivity contribution in [1.29, 1.82) is 0 Å². The van der Waals surface area contributed by atoms with Gasteiger partial charge in [-0.25, -0.2) is 8.42 Å². The highest BCUT2D eigenvalue weighted by Crippen LogP contribution is 2.27. The Morgan fingerprint density at radius 2 is 2.05 bits per heavy atom. The fourth-order valence-electron chi connectivity index (χ4n) is 1.80. The summed E-state index contributed by atoms with van der Waals surface area (Å²) in [6.07, 6.45) is -0.182. The predicted octanol–water partition coefficient (Wildman–Crippen LogP) is 1.62. The van der Waals surface area contributed by atoms with Crippen molar-refractivity contribution in [3.63, 3.8) is 0 Å². The first-order valence-electron chi connectivity index (χ1n) is 6.61. The van der Waals surface area contributed by atoms with Gasteiger partial charge in [-0.2, -0.15) is 5.10 Å². The molecular weight excluding hydrogens is 318 g/mol. The zero-order valence-electron chi connectivity index (χ0n) is 12.4.